The van der Waals surface area contributed by atoms with Gasteiger partial charge in [0.15, 0.2) is 6.29 Å². The quantitative estimate of drug-likeness (QED) is 0.0687. The lowest BCUT2D eigenvalue weighted by Crippen LogP contribution is -2.04. The monoisotopic (exact) mass is 656 g/mol. The van der Waals surface area contributed by atoms with E-state index in [0.717, 1.165) is 22.6 Å². The minimum atomic E-state index is -0.786. The number of phenols is 2. The molecule has 0 aliphatic rings. The molecule has 0 radical (unpaired) electrons. The van der Waals surface area contributed by atoms with Crippen molar-refractivity contribution in [2.75, 3.05) is 0 Å². The number of hydrogen-bond donors (Lipinski definition) is 3. The summed E-state index contributed by atoms with van der Waals surface area (Å²) in [5.74, 6) is -2.23. The van der Waals surface area contributed by atoms with Crippen molar-refractivity contribution < 1.29 is 53.2 Å². The first-order valence-corrected chi connectivity index (χ1v) is 14.0. The third kappa shape index (κ3) is 13.6. The summed E-state index contributed by atoms with van der Waals surface area (Å²) in [5, 5.41) is 26.8. The summed E-state index contributed by atoms with van der Waals surface area (Å²) in [4.78, 5) is 62.9. The highest BCUT2D eigenvalue weighted by Gasteiger charge is 2.09. The van der Waals surface area contributed by atoms with Crippen LogP contribution in [-0.4, -0.2) is 45.5 Å². The third-order valence-corrected chi connectivity index (χ3v) is 5.68. The highest BCUT2D eigenvalue weighted by atomic mass is 16.6. The van der Waals surface area contributed by atoms with Crippen molar-refractivity contribution in [2.45, 2.75) is 27.2 Å². The van der Waals surface area contributed by atoms with Crippen LogP contribution >= 0.6 is 0 Å². The average Bonchev–Trinajstić information content (AvgIpc) is 3.01. The average molecular weight is 657 g/mol. The lowest BCUT2D eigenvalue weighted by Gasteiger charge is -2.04. The number of rotatable bonds is 5. The lowest BCUT2D eigenvalue weighted by atomic mass is 10.1. The molecule has 1 aromatic heterocycles. The smallest absolute Gasteiger partial charge is 0.344 e. The van der Waals surface area contributed by atoms with Gasteiger partial charge in [-0.15, -0.1) is 0 Å². The van der Waals surface area contributed by atoms with Crippen molar-refractivity contribution in [3.05, 3.63) is 125 Å². The van der Waals surface area contributed by atoms with Crippen LogP contribution in [0, 0.1) is 0 Å². The van der Waals surface area contributed by atoms with E-state index in [9.17, 15) is 28.8 Å². The van der Waals surface area contributed by atoms with Gasteiger partial charge in [0.25, 0.3) is 0 Å². The zero-order chi connectivity index (χ0) is 35.6. The molecule has 0 saturated carbocycles. The minimum absolute atomic E-state index is 0.0527. The molecule has 3 N–H and O–H groups in total. The highest BCUT2D eigenvalue weighted by molar-refractivity contribution is 5.84. The number of aldehydes is 1. The van der Waals surface area contributed by atoms with Crippen molar-refractivity contribution in [2.24, 2.45) is 0 Å². The molecule has 0 bridgehead atoms. The highest BCUT2D eigenvalue weighted by Crippen LogP contribution is 2.24. The summed E-state index contributed by atoms with van der Waals surface area (Å²) in [6.45, 7) is 3.68. The molecule has 5 rings (SSSR count). The van der Waals surface area contributed by atoms with E-state index < -0.39 is 29.5 Å². The van der Waals surface area contributed by atoms with Crippen molar-refractivity contribution >= 4 is 41.1 Å². The van der Waals surface area contributed by atoms with Crippen LogP contribution in [0.15, 0.2) is 112 Å². The van der Waals surface area contributed by atoms with Gasteiger partial charge in [-0.2, -0.15) is 0 Å². The molecular weight excluding hydrogens is 624 g/mol. The van der Waals surface area contributed by atoms with Crippen LogP contribution in [0.25, 0.3) is 22.1 Å². The Labute approximate surface area is 274 Å². The van der Waals surface area contributed by atoms with E-state index in [4.69, 9.17) is 24.5 Å². The Balaban J connectivity index is 0.000000249. The molecule has 248 valence electrons. The van der Waals surface area contributed by atoms with Crippen LogP contribution in [0.5, 0.6) is 17.2 Å². The van der Waals surface area contributed by atoms with E-state index in [0.29, 0.717) is 23.2 Å². The number of aliphatic carboxylic acids is 1. The van der Waals surface area contributed by atoms with Crippen LogP contribution in [0.3, 0.4) is 0 Å². The topological polar surface area (TPSA) is 195 Å². The summed E-state index contributed by atoms with van der Waals surface area (Å²) < 4.78 is 14.3. The number of carboxylic acids is 1. The molecule has 0 atom stereocenters. The maximum atomic E-state index is 12.1. The van der Waals surface area contributed by atoms with E-state index in [1.54, 1.807) is 30.3 Å². The first-order chi connectivity index (χ1) is 22.8. The second kappa shape index (κ2) is 19.1. The number of fused-ring (bicyclic) bond motifs is 1. The maximum Gasteiger partial charge on any atom is 0.344 e. The molecule has 1 heterocycles. The van der Waals surface area contributed by atoms with Crippen molar-refractivity contribution in [3.8, 4) is 28.4 Å². The van der Waals surface area contributed by atoms with Crippen LogP contribution in [-0.2, 0) is 30.3 Å². The van der Waals surface area contributed by atoms with Crippen molar-refractivity contribution in [1.29, 1.82) is 0 Å². The lowest BCUT2D eigenvalue weighted by molar-refractivity contribution is -0.156. The van der Waals surface area contributed by atoms with Gasteiger partial charge >= 0.3 is 29.5 Å². The van der Waals surface area contributed by atoms with E-state index in [1.807, 2.05) is 48.5 Å². The van der Waals surface area contributed by atoms with Crippen LogP contribution in [0.2, 0.25) is 0 Å². The van der Waals surface area contributed by atoms with E-state index in [2.05, 4.69) is 4.74 Å². The van der Waals surface area contributed by atoms with Gasteiger partial charge in [-0.25, -0.2) is 4.79 Å². The largest absolute Gasteiger partial charge is 0.508 e. The third-order valence-electron chi connectivity index (χ3n) is 5.68. The molecule has 0 aliphatic heterocycles. The Hall–Kier alpha value is -6.56. The zero-order valence-electron chi connectivity index (χ0n) is 26.1. The van der Waals surface area contributed by atoms with E-state index in [-0.39, 0.29) is 23.5 Å². The minimum Gasteiger partial charge on any atom is -0.508 e. The number of hydrogen-bond acceptors (Lipinski definition) is 11. The number of phenolic OH excluding ortho intramolecular Hbond substituents is 2. The molecule has 0 aliphatic carbocycles. The molecule has 5 aromatic rings. The predicted octanol–water partition coefficient (Wildman–Crippen LogP) is 5.71. The van der Waals surface area contributed by atoms with Gasteiger partial charge in [0.1, 0.15) is 22.8 Å². The first-order valence-electron chi connectivity index (χ1n) is 14.0. The SMILES string of the molecule is CC(=O)OC(C)=O.CC(=O)Oc1ccc2cc(-c3ccccc3)c(=O)oc2c1.O=C(O)Cc1ccccc1.O=Cc1ccc(O)cc1O. The molecule has 4 aromatic carbocycles. The van der Waals surface area contributed by atoms with E-state index >= 15 is 0 Å². The first kappa shape index (κ1) is 37.6. The fraction of sp³-hybridized carbons (Fsp3) is 0.111. The number of esters is 3. The van der Waals surface area contributed by atoms with Crippen molar-refractivity contribution in [3.63, 3.8) is 0 Å². The number of carbonyl (C=O) groups is 5. The molecule has 0 fully saturated rings. The number of ether oxygens (including phenoxy) is 2. The molecule has 0 unspecified atom stereocenters. The Kier molecular flexibility index (Phi) is 14.9. The van der Waals surface area contributed by atoms with Gasteiger partial charge in [-0.05, 0) is 41.5 Å². The van der Waals surface area contributed by atoms with Gasteiger partial charge < -0.3 is 29.2 Å². The Morgan fingerprint density at radius 1 is 0.750 bits per heavy atom. The predicted molar refractivity (Wildman–Crippen MR) is 175 cm³/mol. The van der Waals surface area contributed by atoms with Gasteiger partial charge in [-0.1, -0.05) is 60.7 Å². The molecule has 48 heavy (non-hydrogen) atoms. The van der Waals surface area contributed by atoms with Gasteiger partial charge in [0.05, 0.1) is 17.5 Å². The summed E-state index contributed by atoms with van der Waals surface area (Å²) >= 11 is 0. The second-order valence-electron chi connectivity index (χ2n) is 9.61. The normalized spacial score (nSPS) is 9.56. The second-order valence-corrected chi connectivity index (χ2v) is 9.61. The van der Waals surface area contributed by atoms with Gasteiger partial charge in [0, 0.05) is 38.3 Å². The molecule has 12 heteroatoms. The molecule has 0 spiro atoms. The maximum absolute atomic E-state index is 12.1. The number of aromatic hydroxyl groups is 2. The molecule has 12 nitrogen and oxygen atoms in total. The fourth-order valence-corrected chi connectivity index (χ4v) is 3.74. The number of carbonyl (C=O) groups excluding carboxylic acids is 4. The Bertz CT molecular complexity index is 1900. The standard InChI is InChI=1S/C17H12O4.C8H8O2.C7H6O3.C4H6O3/c1-11(18)20-14-8-7-13-9-15(12-5-3-2-4-6-12)17(19)21-16(13)10-14;9-8(10)6-7-4-2-1-3-5-7;8-4-5-1-2-6(9)3-7(5)10;1-3(5)7-4(2)6/h2-10H,1H3;1-5H,6H2,(H,9,10);1-4,9-10H;1-2H3. The van der Waals surface area contributed by atoms with Crippen molar-refractivity contribution in [1.82, 2.24) is 0 Å². The van der Waals surface area contributed by atoms with Crippen LogP contribution < -0.4 is 10.4 Å². The molecular formula is C36H32O12. The number of benzene rings is 4. The molecule has 0 saturated heterocycles. The number of carboxylic acid groups (broad SMARTS) is 1. The van der Waals surface area contributed by atoms with E-state index in [1.165, 1.54) is 39.0 Å². The summed E-state index contributed by atoms with van der Waals surface area (Å²) in [5.41, 5.74) is 2.29. The van der Waals surface area contributed by atoms with Gasteiger partial charge in [0.2, 0.25) is 0 Å². The van der Waals surface area contributed by atoms with Crippen LogP contribution in [0.4, 0.5) is 0 Å². The summed E-state index contributed by atoms with van der Waals surface area (Å²) in [6.07, 6.45) is 0.635. The molecule has 0 amide bonds. The summed E-state index contributed by atoms with van der Waals surface area (Å²) in [7, 11) is 0. The Morgan fingerprint density at radius 3 is 1.85 bits per heavy atom. The van der Waals surface area contributed by atoms with Crippen LogP contribution in [0.1, 0.15) is 36.7 Å². The summed E-state index contributed by atoms with van der Waals surface area (Å²) in [6, 6.07) is 29.0. The van der Waals surface area contributed by atoms with Gasteiger partial charge in [-0.3, -0.25) is 24.0 Å². The fourth-order valence-electron chi connectivity index (χ4n) is 3.74. The Morgan fingerprint density at radius 2 is 1.35 bits per heavy atom. The zero-order valence-corrected chi connectivity index (χ0v) is 26.1.